The van der Waals surface area contributed by atoms with Crippen LogP contribution in [0, 0.1) is 6.92 Å². The molecular weight excluding hydrogens is 388 g/mol. The van der Waals surface area contributed by atoms with Gasteiger partial charge in [-0.2, -0.15) is 0 Å². The molecule has 1 fully saturated rings. The van der Waals surface area contributed by atoms with E-state index in [0.717, 1.165) is 24.1 Å². The number of carbonyl (C=O) groups excluding carboxylic acids is 2. The van der Waals surface area contributed by atoms with Gasteiger partial charge in [0.1, 0.15) is 0 Å². The molecule has 0 unspecified atom stereocenters. The number of rotatable bonds is 7. The molecule has 0 radical (unpaired) electrons. The zero-order valence-electron chi connectivity index (χ0n) is 18.6. The number of anilines is 2. The van der Waals surface area contributed by atoms with Gasteiger partial charge in [-0.15, -0.1) is 6.58 Å². The number of hydrogen-bond acceptors (Lipinski definition) is 2. The van der Waals surface area contributed by atoms with Crippen molar-refractivity contribution >= 4 is 23.4 Å². The molecule has 0 atom stereocenters. The van der Waals surface area contributed by atoms with Gasteiger partial charge >= 0.3 is 12.1 Å². The molecule has 0 aliphatic carbocycles. The summed E-state index contributed by atoms with van der Waals surface area (Å²) >= 11 is 0. The van der Waals surface area contributed by atoms with E-state index in [1.54, 1.807) is 11.0 Å². The van der Waals surface area contributed by atoms with Gasteiger partial charge in [-0.05, 0) is 48.1 Å². The number of benzene rings is 2. The highest BCUT2D eigenvalue weighted by molar-refractivity contribution is 6.00. The van der Waals surface area contributed by atoms with Crippen molar-refractivity contribution in [1.29, 1.82) is 0 Å². The summed E-state index contributed by atoms with van der Waals surface area (Å²) in [5.41, 5.74) is 4.75. The van der Waals surface area contributed by atoms with Crippen LogP contribution in [0.15, 0.2) is 55.1 Å². The van der Waals surface area contributed by atoms with Crippen LogP contribution >= 0.6 is 0 Å². The van der Waals surface area contributed by atoms with Crippen LogP contribution < -0.4 is 15.5 Å². The van der Waals surface area contributed by atoms with Gasteiger partial charge < -0.3 is 15.5 Å². The standard InChI is InChI=1S/C25H32N4O2/c1-5-13-26-24(30)27-22-16-19(4)7-12-23(22)29-15-6-14-28(25(29)31)17-20-8-10-21(11-9-20)18(2)3/h5,7-12,16,18H,1,6,13-15,17H2,2-4H3,(H2,26,27,30). The van der Waals surface area contributed by atoms with Gasteiger partial charge in [-0.3, -0.25) is 4.90 Å². The molecule has 31 heavy (non-hydrogen) atoms. The minimum absolute atomic E-state index is 0.0439. The monoisotopic (exact) mass is 420 g/mol. The quantitative estimate of drug-likeness (QED) is 0.600. The molecular formula is C25H32N4O2. The van der Waals surface area contributed by atoms with Crippen LogP contribution in [-0.4, -0.2) is 36.6 Å². The first-order chi connectivity index (χ1) is 14.9. The Hall–Kier alpha value is -3.28. The van der Waals surface area contributed by atoms with E-state index >= 15 is 0 Å². The van der Waals surface area contributed by atoms with Crippen LogP contribution in [0.5, 0.6) is 0 Å². The molecule has 0 bridgehead atoms. The third kappa shape index (κ3) is 5.66. The minimum atomic E-state index is -0.321. The van der Waals surface area contributed by atoms with Crippen LogP contribution in [0.1, 0.15) is 42.9 Å². The summed E-state index contributed by atoms with van der Waals surface area (Å²) in [6, 6.07) is 13.9. The van der Waals surface area contributed by atoms with Crippen molar-refractivity contribution in [2.75, 3.05) is 29.9 Å². The molecule has 1 heterocycles. The zero-order chi connectivity index (χ0) is 22.4. The average Bonchev–Trinajstić information content (AvgIpc) is 2.74. The van der Waals surface area contributed by atoms with Gasteiger partial charge in [0.05, 0.1) is 11.4 Å². The Bertz CT molecular complexity index is 937. The van der Waals surface area contributed by atoms with Crippen molar-refractivity contribution in [3.8, 4) is 0 Å². The highest BCUT2D eigenvalue weighted by atomic mass is 16.2. The Labute approximate surface area is 184 Å². The van der Waals surface area contributed by atoms with Gasteiger partial charge in [0, 0.05) is 26.2 Å². The SMILES string of the molecule is C=CCNC(=O)Nc1cc(C)ccc1N1CCCN(Cc2ccc(C(C)C)cc2)C1=O. The molecule has 164 valence electrons. The van der Waals surface area contributed by atoms with Gasteiger partial charge in [-0.25, -0.2) is 9.59 Å². The number of aryl methyl sites for hydroxylation is 1. The molecule has 0 aromatic heterocycles. The van der Waals surface area contributed by atoms with Gasteiger partial charge in [-0.1, -0.05) is 50.3 Å². The maximum atomic E-state index is 13.3. The van der Waals surface area contributed by atoms with Crippen LogP contribution in [0.25, 0.3) is 0 Å². The second-order valence-corrected chi connectivity index (χ2v) is 8.25. The number of urea groups is 2. The van der Waals surface area contributed by atoms with E-state index in [4.69, 9.17) is 0 Å². The molecule has 2 aromatic carbocycles. The number of nitrogens with zero attached hydrogens (tertiary/aromatic N) is 2. The Morgan fingerprint density at radius 1 is 1.16 bits per heavy atom. The molecule has 3 rings (SSSR count). The number of hydrogen-bond donors (Lipinski definition) is 2. The minimum Gasteiger partial charge on any atom is -0.334 e. The summed E-state index contributed by atoms with van der Waals surface area (Å²) in [6.45, 7) is 12.2. The zero-order valence-corrected chi connectivity index (χ0v) is 18.6. The number of nitrogens with one attached hydrogen (secondary N) is 2. The van der Waals surface area contributed by atoms with E-state index in [2.05, 4.69) is 55.3 Å². The van der Waals surface area contributed by atoms with E-state index in [1.165, 1.54) is 5.56 Å². The smallest absolute Gasteiger partial charge is 0.324 e. The Morgan fingerprint density at radius 2 is 1.90 bits per heavy atom. The summed E-state index contributed by atoms with van der Waals surface area (Å²) in [6.07, 6.45) is 2.49. The fourth-order valence-electron chi connectivity index (χ4n) is 3.70. The Morgan fingerprint density at radius 3 is 2.58 bits per heavy atom. The van der Waals surface area contributed by atoms with Gasteiger partial charge in [0.2, 0.25) is 0 Å². The Balaban J connectivity index is 1.77. The molecule has 1 aliphatic rings. The second-order valence-electron chi connectivity index (χ2n) is 8.25. The van der Waals surface area contributed by atoms with E-state index in [0.29, 0.717) is 36.9 Å². The van der Waals surface area contributed by atoms with E-state index in [9.17, 15) is 9.59 Å². The van der Waals surface area contributed by atoms with E-state index in [1.807, 2.05) is 30.0 Å². The van der Waals surface area contributed by atoms with Crippen molar-refractivity contribution in [2.45, 2.75) is 39.7 Å². The molecule has 2 aromatic rings. The van der Waals surface area contributed by atoms with Gasteiger partial charge in [0.15, 0.2) is 0 Å². The number of carbonyl (C=O) groups is 2. The topological polar surface area (TPSA) is 64.7 Å². The predicted molar refractivity (Wildman–Crippen MR) is 127 cm³/mol. The fraction of sp³-hybridized carbons (Fsp3) is 0.360. The molecule has 1 saturated heterocycles. The normalized spacial score (nSPS) is 14.0. The molecule has 0 saturated carbocycles. The first-order valence-corrected chi connectivity index (χ1v) is 10.8. The van der Waals surface area contributed by atoms with Crippen molar-refractivity contribution in [3.05, 3.63) is 71.8 Å². The third-order valence-corrected chi connectivity index (χ3v) is 5.43. The molecule has 6 heteroatoms. The lowest BCUT2D eigenvalue weighted by Crippen LogP contribution is -2.49. The first kappa shape index (κ1) is 22.4. The lowest BCUT2D eigenvalue weighted by atomic mass is 10.0. The van der Waals surface area contributed by atoms with Crippen LogP contribution in [0.4, 0.5) is 21.0 Å². The predicted octanol–water partition coefficient (Wildman–Crippen LogP) is 5.26. The van der Waals surface area contributed by atoms with Crippen molar-refractivity contribution in [3.63, 3.8) is 0 Å². The summed E-state index contributed by atoms with van der Waals surface area (Å²) in [5.74, 6) is 0.484. The Kier molecular flexibility index (Phi) is 7.34. The van der Waals surface area contributed by atoms with Crippen LogP contribution in [-0.2, 0) is 6.54 Å². The van der Waals surface area contributed by atoms with Crippen LogP contribution in [0.3, 0.4) is 0 Å². The van der Waals surface area contributed by atoms with Crippen molar-refractivity contribution < 1.29 is 9.59 Å². The van der Waals surface area contributed by atoms with E-state index < -0.39 is 0 Å². The maximum Gasteiger partial charge on any atom is 0.324 e. The fourth-order valence-corrected chi connectivity index (χ4v) is 3.70. The van der Waals surface area contributed by atoms with E-state index in [-0.39, 0.29) is 12.1 Å². The maximum absolute atomic E-state index is 13.3. The third-order valence-electron chi connectivity index (χ3n) is 5.43. The van der Waals surface area contributed by atoms with Crippen LogP contribution in [0.2, 0.25) is 0 Å². The molecule has 1 aliphatic heterocycles. The summed E-state index contributed by atoms with van der Waals surface area (Å²) in [5, 5.41) is 5.59. The highest BCUT2D eigenvalue weighted by Crippen LogP contribution is 2.30. The van der Waals surface area contributed by atoms with Crippen molar-refractivity contribution in [2.24, 2.45) is 0 Å². The number of amides is 4. The summed E-state index contributed by atoms with van der Waals surface area (Å²) < 4.78 is 0. The molecule has 4 amide bonds. The summed E-state index contributed by atoms with van der Waals surface area (Å²) in [7, 11) is 0. The molecule has 6 nitrogen and oxygen atoms in total. The largest absolute Gasteiger partial charge is 0.334 e. The highest BCUT2D eigenvalue weighted by Gasteiger charge is 2.28. The lowest BCUT2D eigenvalue weighted by molar-refractivity contribution is 0.192. The molecule has 0 spiro atoms. The summed E-state index contributed by atoms with van der Waals surface area (Å²) in [4.78, 5) is 29.1. The van der Waals surface area contributed by atoms with Crippen molar-refractivity contribution in [1.82, 2.24) is 10.2 Å². The first-order valence-electron chi connectivity index (χ1n) is 10.8. The second kappa shape index (κ2) is 10.2. The average molecular weight is 421 g/mol. The van der Waals surface area contributed by atoms with Gasteiger partial charge in [0.25, 0.3) is 0 Å². The molecule has 2 N–H and O–H groups in total. The lowest BCUT2D eigenvalue weighted by Gasteiger charge is -2.36.